The molecule has 5 nitrogen and oxygen atoms in total. The van der Waals surface area contributed by atoms with E-state index in [-0.39, 0.29) is 10.7 Å². The van der Waals surface area contributed by atoms with Crippen molar-refractivity contribution in [3.05, 3.63) is 0 Å². The summed E-state index contributed by atoms with van der Waals surface area (Å²) in [6.07, 6.45) is 1.99. The van der Waals surface area contributed by atoms with Crippen LogP contribution < -0.4 is 10.5 Å². The molecule has 17 heavy (non-hydrogen) atoms. The lowest BCUT2D eigenvalue weighted by atomic mass is 9.90. The van der Waals surface area contributed by atoms with Crippen LogP contribution in [-0.2, 0) is 14.8 Å². The number of nitrogens with one attached hydrogen (secondary N) is 1. The third kappa shape index (κ3) is 4.91. The van der Waals surface area contributed by atoms with E-state index in [2.05, 4.69) is 4.72 Å². The summed E-state index contributed by atoms with van der Waals surface area (Å²) in [5, 5.41) is -0.301. The van der Waals surface area contributed by atoms with Crippen LogP contribution in [0.2, 0.25) is 0 Å². The average molecular weight is 264 g/mol. The van der Waals surface area contributed by atoms with Gasteiger partial charge in [-0.1, -0.05) is 13.8 Å². The van der Waals surface area contributed by atoms with Gasteiger partial charge in [-0.15, -0.1) is 0 Å². The normalized spacial score (nSPS) is 19.5. The molecule has 1 heterocycles. The van der Waals surface area contributed by atoms with Crippen LogP contribution in [0.3, 0.4) is 0 Å². The van der Waals surface area contributed by atoms with Crippen LogP contribution in [0.15, 0.2) is 0 Å². The highest BCUT2D eigenvalue weighted by molar-refractivity contribution is 7.90. The Morgan fingerprint density at radius 1 is 1.35 bits per heavy atom. The Labute approximate surface area is 104 Å². The quantitative estimate of drug-likeness (QED) is 0.730. The fourth-order valence-corrected chi connectivity index (χ4v) is 3.52. The average Bonchev–Trinajstić information content (AvgIpc) is 2.28. The zero-order chi connectivity index (χ0) is 12.9. The van der Waals surface area contributed by atoms with Crippen molar-refractivity contribution < 1.29 is 13.2 Å². The van der Waals surface area contributed by atoms with Crippen molar-refractivity contribution in [2.75, 3.05) is 26.3 Å². The fraction of sp³-hybridized carbons (Fsp3) is 1.00. The predicted octanol–water partition coefficient (Wildman–Crippen LogP) is 0.460. The van der Waals surface area contributed by atoms with Crippen LogP contribution in [0.25, 0.3) is 0 Å². The van der Waals surface area contributed by atoms with Crippen LogP contribution in [-0.4, -0.2) is 40.0 Å². The third-order valence-corrected chi connectivity index (χ3v) is 5.08. The first-order valence-electron chi connectivity index (χ1n) is 6.14. The molecule has 6 heteroatoms. The van der Waals surface area contributed by atoms with Crippen LogP contribution in [0.4, 0.5) is 0 Å². The Morgan fingerprint density at radius 3 is 2.47 bits per heavy atom. The summed E-state index contributed by atoms with van der Waals surface area (Å²) < 4.78 is 32.0. The van der Waals surface area contributed by atoms with Gasteiger partial charge in [-0.3, -0.25) is 0 Å². The topological polar surface area (TPSA) is 81.4 Å². The van der Waals surface area contributed by atoms with Crippen molar-refractivity contribution in [2.45, 2.75) is 38.4 Å². The van der Waals surface area contributed by atoms with Crippen LogP contribution in [0.1, 0.15) is 33.1 Å². The van der Waals surface area contributed by atoms with E-state index in [0.717, 1.165) is 6.42 Å². The molecule has 0 atom stereocenters. The van der Waals surface area contributed by atoms with E-state index < -0.39 is 10.0 Å². The maximum Gasteiger partial charge on any atom is 0.214 e. The molecule has 0 amide bonds. The Balaban J connectivity index is 2.49. The summed E-state index contributed by atoms with van der Waals surface area (Å²) in [5.74, 6) is 0. The van der Waals surface area contributed by atoms with Gasteiger partial charge in [0.25, 0.3) is 0 Å². The summed E-state index contributed by atoms with van der Waals surface area (Å²) in [4.78, 5) is 0. The van der Waals surface area contributed by atoms with E-state index in [1.807, 2.05) is 13.8 Å². The number of sulfonamides is 1. The Morgan fingerprint density at radius 2 is 1.94 bits per heavy atom. The second-order valence-electron chi connectivity index (χ2n) is 5.38. The number of rotatable bonds is 6. The van der Waals surface area contributed by atoms with Crippen molar-refractivity contribution in [3.8, 4) is 0 Å². The largest absolute Gasteiger partial charge is 0.381 e. The van der Waals surface area contributed by atoms with Gasteiger partial charge in [-0.25, -0.2) is 13.1 Å². The van der Waals surface area contributed by atoms with Gasteiger partial charge in [-0.05, 0) is 31.2 Å². The standard InChI is InChI=1S/C11H24N2O3S/c1-11(2,5-6-12)9-13-17(14,15)10-3-7-16-8-4-10/h10,13H,3-9,12H2,1-2H3. The van der Waals surface area contributed by atoms with Crippen LogP contribution in [0.5, 0.6) is 0 Å². The molecule has 0 aromatic carbocycles. The van der Waals surface area contributed by atoms with Crippen molar-refractivity contribution in [3.63, 3.8) is 0 Å². The van der Waals surface area contributed by atoms with Crippen molar-refractivity contribution in [1.82, 2.24) is 4.72 Å². The minimum atomic E-state index is -3.21. The molecule has 0 aromatic heterocycles. The summed E-state index contributed by atoms with van der Waals surface area (Å²) in [6.45, 7) is 6.14. The van der Waals surface area contributed by atoms with Gasteiger partial charge >= 0.3 is 0 Å². The first kappa shape index (κ1) is 14.9. The summed E-state index contributed by atoms with van der Waals surface area (Å²) in [6, 6.07) is 0. The Hall–Kier alpha value is -0.170. The van der Waals surface area contributed by atoms with Crippen molar-refractivity contribution in [1.29, 1.82) is 0 Å². The third-order valence-electron chi connectivity index (χ3n) is 3.18. The molecule has 0 bridgehead atoms. The molecule has 0 unspecified atom stereocenters. The van der Waals surface area contributed by atoms with Crippen LogP contribution in [0, 0.1) is 5.41 Å². The molecule has 1 aliphatic rings. The fourth-order valence-electron chi connectivity index (χ4n) is 1.88. The van der Waals surface area contributed by atoms with Gasteiger partial charge in [0.1, 0.15) is 0 Å². The molecule has 0 spiro atoms. The lowest BCUT2D eigenvalue weighted by Gasteiger charge is -2.27. The first-order chi connectivity index (χ1) is 7.87. The maximum absolute atomic E-state index is 12.0. The molecule has 1 aliphatic heterocycles. The van der Waals surface area contributed by atoms with E-state index in [9.17, 15) is 8.42 Å². The Bertz CT molecular complexity index is 322. The maximum atomic E-state index is 12.0. The summed E-state index contributed by atoms with van der Waals surface area (Å²) in [7, 11) is -3.21. The molecule has 1 saturated heterocycles. The van der Waals surface area contributed by atoms with Gasteiger partial charge in [0.15, 0.2) is 0 Å². The molecular formula is C11H24N2O3S. The Kier molecular flexibility index (Phi) is 5.37. The zero-order valence-electron chi connectivity index (χ0n) is 10.7. The smallest absolute Gasteiger partial charge is 0.214 e. The second kappa shape index (κ2) is 6.13. The van der Waals surface area contributed by atoms with E-state index in [4.69, 9.17) is 10.5 Å². The van der Waals surface area contributed by atoms with Gasteiger partial charge < -0.3 is 10.5 Å². The summed E-state index contributed by atoms with van der Waals surface area (Å²) >= 11 is 0. The lowest BCUT2D eigenvalue weighted by Crippen LogP contribution is -2.42. The number of hydrogen-bond acceptors (Lipinski definition) is 4. The minimum Gasteiger partial charge on any atom is -0.381 e. The lowest BCUT2D eigenvalue weighted by molar-refractivity contribution is 0.0981. The monoisotopic (exact) mass is 264 g/mol. The number of nitrogens with two attached hydrogens (primary N) is 1. The highest BCUT2D eigenvalue weighted by Gasteiger charge is 2.29. The molecule has 0 aromatic rings. The summed E-state index contributed by atoms with van der Waals surface area (Å²) in [5.41, 5.74) is 5.41. The predicted molar refractivity (Wildman–Crippen MR) is 68.2 cm³/mol. The molecule has 3 N–H and O–H groups in total. The highest BCUT2D eigenvalue weighted by atomic mass is 32.2. The van der Waals surface area contributed by atoms with Crippen molar-refractivity contribution in [2.24, 2.45) is 11.1 Å². The van der Waals surface area contributed by atoms with E-state index in [1.54, 1.807) is 0 Å². The van der Waals surface area contributed by atoms with Crippen molar-refractivity contribution >= 4 is 10.0 Å². The van der Waals surface area contributed by atoms with Gasteiger partial charge in [0.05, 0.1) is 5.25 Å². The van der Waals surface area contributed by atoms with Crippen LogP contribution >= 0.6 is 0 Å². The first-order valence-corrected chi connectivity index (χ1v) is 7.68. The number of hydrogen-bond donors (Lipinski definition) is 2. The molecule has 1 rings (SSSR count). The molecule has 1 fully saturated rings. The van der Waals surface area contributed by atoms with Gasteiger partial charge in [-0.2, -0.15) is 0 Å². The zero-order valence-corrected chi connectivity index (χ0v) is 11.6. The number of ether oxygens (including phenoxy) is 1. The molecular weight excluding hydrogens is 240 g/mol. The van der Waals surface area contributed by atoms with Gasteiger partial charge in [0, 0.05) is 19.8 Å². The highest BCUT2D eigenvalue weighted by Crippen LogP contribution is 2.20. The molecule has 102 valence electrons. The van der Waals surface area contributed by atoms with Gasteiger partial charge in [0.2, 0.25) is 10.0 Å². The van der Waals surface area contributed by atoms with E-state index >= 15 is 0 Å². The molecule has 0 radical (unpaired) electrons. The molecule has 0 saturated carbocycles. The SMILES string of the molecule is CC(C)(CCN)CNS(=O)(=O)C1CCOCC1. The minimum absolute atomic E-state index is 0.0903. The van der Waals surface area contributed by atoms with E-state index in [0.29, 0.717) is 39.1 Å². The van der Waals surface area contributed by atoms with E-state index in [1.165, 1.54) is 0 Å². The second-order valence-corrected chi connectivity index (χ2v) is 7.43. The molecule has 0 aliphatic carbocycles.